The fourth-order valence-corrected chi connectivity index (χ4v) is 2.74. The Bertz CT molecular complexity index is 650. The molecule has 2 heterocycles. The van der Waals surface area contributed by atoms with E-state index in [1.54, 1.807) is 11.8 Å². The summed E-state index contributed by atoms with van der Waals surface area (Å²) >= 11 is 0. The molecular weight excluding hydrogens is 284 g/mol. The first-order valence-electron chi connectivity index (χ1n) is 7.71. The van der Waals surface area contributed by atoms with E-state index in [0.29, 0.717) is 18.8 Å². The van der Waals surface area contributed by atoms with Crippen molar-refractivity contribution in [3.63, 3.8) is 0 Å². The van der Waals surface area contributed by atoms with Gasteiger partial charge in [-0.05, 0) is 26.2 Å². The molecule has 7 heteroatoms. The van der Waals surface area contributed by atoms with E-state index in [1.807, 2.05) is 0 Å². The molecule has 0 bridgehead atoms. The van der Waals surface area contributed by atoms with Crippen molar-refractivity contribution < 1.29 is 9.59 Å². The van der Waals surface area contributed by atoms with Crippen LogP contribution in [0.5, 0.6) is 0 Å². The molecule has 118 valence electrons. The number of rotatable bonds is 4. The van der Waals surface area contributed by atoms with Gasteiger partial charge in [0.1, 0.15) is 0 Å². The first-order chi connectivity index (χ1) is 10.6. The standard InChI is InChI=1S/C15H20N4O3/c1-9-7-12(20)13(18-17-9)15(22)19-6-5-11(19)8-16-14(21)10-3-2-4-10/h7,10-11H,2-6,8H2,1H3,(H,16,21)(H,17,20). The number of hydrogen-bond donors (Lipinski definition) is 2. The predicted octanol–water partition coefficient (Wildman–Crippen LogP) is 0.209. The summed E-state index contributed by atoms with van der Waals surface area (Å²) in [5, 5.41) is 9.40. The number of carbonyl (C=O) groups excluding carboxylic acids is 2. The second kappa shape index (κ2) is 5.90. The molecule has 2 aliphatic rings. The number of likely N-dealkylation sites (tertiary alicyclic amines) is 1. The molecular formula is C15H20N4O3. The Morgan fingerprint density at radius 2 is 2.18 bits per heavy atom. The van der Waals surface area contributed by atoms with Crippen molar-refractivity contribution in [2.24, 2.45) is 5.92 Å². The molecule has 2 N–H and O–H groups in total. The smallest absolute Gasteiger partial charge is 0.278 e. The van der Waals surface area contributed by atoms with E-state index in [2.05, 4.69) is 15.5 Å². The Labute approximate surface area is 128 Å². The maximum Gasteiger partial charge on any atom is 0.278 e. The van der Waals surface area contributed by atoms with Crippen molar-refractivity contribution in [3.8, 4) is 0 Å². The second-order valence-electron chi connectivity index (χ2n) is 6.08. The summed E-state index contributed by atoms with van der Waals surface area (Å²) in [6, 6.07) is 1.33. The minimum absolute atomic E-state index is 0.0426. The maximum atomic E-state index is 12.3. The summed E-state index contributed by atoms with van der Waals surface area (Å²) in [7, 11) is 0. The lowest BCUT2D eigenvalue weighted by molar-refractivity contribution is -0.127. The number of nitrogens with one attached hydrogen (secondary N) is 2. The monoisotopic (exact) mass is 304 g/mol. The highest BCUT2D eigenvalue weighted by molar-refractivity contribution is 5.92. The molecule has 1 atom stereocenters. The zero-order chi connectivity index (χ0) is 15.7. The molecule has 1 saturated carbocycles. The predicted molar refractivity (Wildman–Crippen MR) is 79.4 cm³/mol. The van der Waals surface area contributed by atoms with Crippen molar-refractivity contribution in [2.75, 3.05) is 13.1 Å². The van der Waals surface area contributed by atoms with Crippen LogP contribution < -0.4 is 10.7 Å². The van der Waals surface area contributed by atoms with Gasteiger partial charge in [-0.15, -0.1) is 0 Å². The number of nitrogens with zero attached hydrogens (tertiary/aromatic N) is 2. The van der Waals surface area contributed by atoms with Gasteiger partial charge in [-0.25, -0.2) is 0 Å². The fraction of sp³-hybridized carbons (Fsp3) is 0.600. The summed E-state index contributed by atoms with van der Waals surface area (Å²) in [5.74, 6) is -0.141. The second-order valence-corrected chi connectivity index (χ2v) is 6.08. The number of H-pyrrole nitrogens is 1. The van der Waals surface area contributed by atoms with E-state index in [1.165, 1.54) is 6.07 Å². The molecule has 0 aromatic carbocycles. The van der Waals surface area contributed by atoms with E-state index in [9.17, 15) is 14.4 Å². The molecule has 2 amide bonds. The first kappa shape index (κ1) is 14.7. The first-order valence-corrected chi connectivity index (χ1v) is 7.71. The highest BCUT2D eigenvalue weighted by atomic mass is 16.2. The van der Waals surface area contributed by atoms with Crippen molar-refractivity contribution >= 4 is 11.8 Å². The van der Waals surface area contributed by atoms with E-state index < -0.39 is 0 Å². The topological polar surface area (TPSA) is 95.2 Å². The van der Waals surface area contributed by atoms with Gasteiger partial charge in [0.25, 0.3) is 5.91 Å². The Kier molecular flexibility index (Phi) is 3.96. The molecule has 1 unspecified atom stereocenters. The average molecular weight is 304 g/mol. The quantitative estimate of drug-likeness (QED) is 0.831. The minimum Gasteiger partial charge on any atom is -0.354 e. The molecule has 3 rings (SSSR count). The zero-order valence-corrected chi connectivity index (χ0v) is 12.6. The van der Waals surface area contributed by atoms with Gasteiger partial charge >= 0.3 is 0 Å². The summed E-state index contributed by atoms with van der Waals surface area (Å²) in [6.45, 7) is 2.76. The lowest BCUT2D eigenvalue weighted by Crippen LogP contribution is -2.57. The van der Waals surface area contributed by atoms with E-state index in [0.717, 1.165) is 25.7 Å². The van der Waals surface area contributed by atoms with Gasteiger partial charge in [-0.2, -0.15) is 5.10 Å². The number of aromatic nitrogens is 2. The molecule has 2 fully saturated rings. The Morgan fingerprint density at radius 3 is 2.73 bits per heavy atom. The summed E-state index contributed by atoms with van der Waals surface area (Å²) in [4.78, 5) is 37.6. The van der Waals surface area contributed by atoms with E-state index in [-0.39, 0.29) is 34.9 Å². The number of aryl methyl sites for hydroxylation is 1. The van der Waals surface area contributed by atoms with Gasteiger partial charge in [0.05, 0.1) is 6.04 Å². The van der Waals surface area contributed by atoms with Crippen molar-refractivity contribution in [1.82, 2.24) is 20.4 Å². The third kappa shape index (κ3) is 2.75. The highest BCUT2D eigenvalue weighted by Gasteiger charge is 2.35. The molecule has 1 saturated heterocycles. The maximum absolute atomic E-state index is 12.3. The van der Waals surface area contributed by atoms with Gasteiger partial charge in [0.15, 0.2) is 5.69 Å². The molecule has 1 aliphatic heterocycles. The van der Waals surface area contributed by atoms with Crippen LogP contribution >= 0.6 is 0 Å². The van der Waals surface area contributed by atoms with Crippen LogP contribution in [0.1, 0.15) is 41.9 Å². The number of aromatic amines is 1. The van der Waals surface area contributed by atoms with Crippen LogP contribution in [-0.4, -0.2) is 46.0 Å². The summed E-state index contributed by atoms with van der Waals surface area (Å²) in [5.41, 5.74) is 0.167. The average Bonchev–Trinajstić information content (AvgIpc) is 2.35. The molecule has 1 aromatic heterocycles. The molecule has 7 nitrogen and oxygen atoms in total. The van der Waals surface area contributed by atoms with E-state index >= 15 is 0 Å². The van der Waals surface area contributed by atoms with E-state index in [4.69, 9.17) is 0 Å². The Morgan fingerprint density at radius 1 is 1.41 bits per heavy atom. The third-order valence-corrected chi connectivity index (χ3v) is 4.52. The van der Waals surface area contributed by atoms with Crippen LogP contribution in [0.25, 0.3) is 0 Å². The molecule has 0 spiro atoms. The van der Waals surface area contributed by atoms with Crippen LogP contribution in [0.15, 0.2) is 10.9 Å². The van der Waals surface area contributed by atoms with Crippen LogP contribution in [0.2, 0.25) is 0 Å². The largest absolute Gasteiger partial charge is 0.354 e. The van der Waals surface area contributed by atoms with Crippen LogP contribution in [0.4, 0.5) is 0 Å². The minimum atomic E-state index is -0.370. The Balaban J connectivity index is 1.58. The van der Waals surface area contributed by atoms with Crippen molar-refractivity contribution in [3.05, 3.63) is 27.7 Å². The van der Waals surface area contributed by atoms with Gasteiger partial charge in [-0.3, -0.25) is 19.5 Å². The van der Waals surface area contributed by atoms with Gasteiger partial charge in [0, 0.05) is 30.8 Å². The molecule has 22 heavy (non-hydrogen) atoms. The molecule has 1 aliphatic carbocycles. The molecule has 1 aromatic rings. The molecule has 0 radical (unpaired) electrons. The highest BCUT2D eigenvalue weighted by Crippen LogP contribution is 2.26. The van der Waals surface area contributed by atoms with Gasteiger partial charge in [-0.1, -0.05) is 6.42 Å². The van der Waals surface area contributed by atoms with Crippen LogP contribution in [0, 0.1) is 12.8 Å². The SMILES string of the molecule is Cc1cc(=O)c(C(=O)N2CCC2CNC(=O)C2CCC2)n[nH]1. The number of carbonyl (C=O) groups is 2. The lowest BCUT2D eigenvalue weighted by atomic mass is 9.84. The lowest BCUT2D eigenvalue weighted by Gasteiger charge is -2.41. The Hall–Kier alpha value is -2.18. The fourth-order valence-electron chi connectivity index (χ4n) is 2.74. The van der Waals surface area contributed by atoms with Crippen LogP contribution in [-0.2, 0) is 4.79 Å². The normalized spacial score (nSPS) is 21.0. The number of hydrogen-bond acceptors (Lipinski definition) is 4. The zero-order valence-electron chi connectivity index (χ0n) is 12.6. The third-order valence-electron chi connectivity index (χ3n) is 4.52. The summed E-state index contributed by atoms with van der Waals surface area (Å²) in [6.07, 6.45) is 3.87. The summed E-state index contributed by atoms with van der Waals surface area (Å²) < 4.78 is 0. The van der Waals surface area contributed by atoms with Crippen molar-refractivity contribution in [1.29, 1.82) is 0 Å². The van der Waals surface area contributed by atoms with Crippen LogP contribution in [0.3, 0.4) is 0 Å². The van der Waals surface area contributed by atoms with Gasteiger partial charge in [0.2, 0.25) is 11.3 Å². The van der Waals surface area contributed by atoms with Gasteiger partial charge < -0.3 is 10.2 Å². The van der Waals surface area contributed by atoms with Crippen molar-refractivity contribution in [2.45, 2.75) is 38.6 Å². The number of amides is 2.